The smallest absolute Gasteiger partial charge is 0.239 e. The standard InChI is InChI=1S/C11H22N2O3.ClH/c1-3-15-6-7-16-10-4-5-13(8-10)11(14)9(2)12;/h9-10H,3-8,12H2,1-2H3;1H/t9?,10-;/m0./s1. The summed E-state index contributed by atoms with van der Waals surface area (Å²) in [6.07, 6.45) is 1.04. The van der Waals surface area contributed by atoms with Gasteiger partial charge in [-0.1, -0.05) is 0 Å². The van der Waals surface area contributed by atoms with Crippen LogP contribution >= 0.6 is 12.4 Å². The van der Waals surface area contributed by atoms with Crippen LogP contribution in [0.25, 0.3) is 0 Å². The highest BCUT2D eigenvalue weighted by atomic mass is 35.5. The second-order valence-electron chi connectivity index (χ2n) is 4.05. The van der Waals surface area contributed by atoms with Crippen LogP contribution in [0.15, 0.2) is 0 Å². The highest BCUT2D eigenvalue weighted by molar-refractivity contribution is 5.85. The van der Waals surface area contributed by atoms with E-state index in [-0.39, 0.29) is 24.4 Å². The van der Waals surface area contributed by atoms with Gasteiger partial charge in [0.2, 0.25) is 5.91 Å². The van der Waals surface area contributed by atoms with E-state index >= 15 is 0 Å². The number of ether oxygens (including phenoxy) is 2. The molecule has 1 amide bonds. The maximum Gasteiger partial charge on any atom is 0.239 e. The van der Waals surface area contributed by atoms with Crippen molar-refractivity contribution in [1.29, 1.82) is 0 Å². The van der Waals surface area contributed by atoms with Crippen LogP contribution in [0.5, 0.6) is 0 Å². The van der Waals surface area contributed by atoms with Gasteiger partial charge in [-0.05, 0) is 20.3 Å². The average Bonchev–Trinajstić information content (AvgIpc) is 2.72. The second-order valence-corrected chi connectivity index (χ2v) is 4.05. The van der Waals surface area contributed by atoms with Crippen molar-refractivity contribution in [3.8, 4) is 0 Å². The third-order valence-electron chi connectivity index (χ3n) is 2.63. The Morgan fingerprint density at radius 1 is 1.53 bits per heavy atom. The number of carbonyl (C=O) groups is 1. The molecule has 0 radical (unpaired) electrons. The summed E-state index contributed by atoms with van der Waals surface area (Å²) in [5.74, 6) is 0.0101. The molecule has 17 heavy (non-hydrogen) atoms. The molecule has 102 valence electrons. The average molecular weight is 267 g/mol. The summed E-state index contributed by atoms with van der Waals surface area (Å²) in [6.45, 7) is 7.01. The third-order valence-corrected chi connectivity index (χ3v) is 2.63. The first-order chi connectivity index (χ1) is 7.65. The number of hydrogen-bond acceptors (Lipinski definition) is 4. The molecule has 5 nitrogen and oxygen atoms in total. The molecule has 0 bridgehead atoms. The minimum atomic E-state index is -0.415. The van der Waals surface area contributed by atoms with E-state index in [4.69, 9.17) is 15.2 Å². The molecule has 1 fully saturated rings. The first-order valence-electron chi connectivity index (χ1n) is 5.88. The monoisotopic (exact) mass is 266 g/mol. The van der Waals surface area contributed by atoms with Crippen LogP contribution in [0.3, 0.4) is 0 Å². The Bertz CT molecular complexity index is 227. The molecule has 0 aliphatic carbocycles. The zero-order chi connectivity index (χ0) is 12.0. The van der Waals surface area contributed by atoms with Gasteiger partial charge in [0.05, 0.1) is 25.4 Å². The lowest BCUT2D eigenvalue weighted by molar-refractivity contribution is -0.131. The molecule has 0 saturated carbocycles. The van der Waals surface area contributed by atoms with Crippen molar-refractivity contribution in [1.82, 2.24) is 4.90 Å². The van der Waals surface area contributed by atoms with E-state index in [0.717, 1.165) is 13.0 Å². The molecule has 1 saturated heterocycles. The molecule has 0 aromatic rings. The lowest BCUT2D eigenvalue weighted by Gasteiger charge is -2.18. The summed E-state index contributed by atoms with van der Waals surface area (Å²) >= 11 is 0. The van der Waals surface area contributed by atoms with Crippen LogP contribution in [0.1, 0.15) is 20.3 Å². The van der Waals surface area contributed by atoms with Crippen LogP contribution in [0.4, 0.5) is 0 Å². The number of likely N-dealkylation sites (tertiary alicyclic amines) is 1. The fraction of sp³-hybridized carbons (Fsp3) is 0.909. The van der Waals surface area contributed by atoms with Crippen molar-refractivity contribution in [2.75, 3.05) is 32.9 Å². The summed E-state index contributed by atoms with van der Waals surface area (Å²) in [6, 6.07) is -0.415. The Labute approximate surface area is 109 Å². The van der Waals surface area contributed by atoms with E-state index < -0.39 is 6.04 Å². The van der Waals surface area contributed by atoms with Gasteiger partial charge in [0.1, 0.15) is 0 Å². The van der Waals surface area contributed by atoms with E-state index in [9.17, 15) is 4.79 Å². The molecule has 6 heteroatoms. The van der Waals surface area contributed by atoms with Gasteiger partial charge < -0.3 is 20.1 Å². The first kappa shape index (κ1) is 16.6. The number of nitrogens with zero attached hydrogens (tertiary/aromatic N) is 1. The van der Waals surface area contributed by atoms with E-state index in [1.54, 1.807) is 11.8 Å². The van der Waals surface area contributed by atoms with Crippen LogP contribution in [0.2, 0.25) is 0 Å². The number of nitrogens with two attached hydrogens (primary N) is 1. The molecule has 2 atom stereocenters. The van der Waals surface area contributed by atoms with Crippen molar-refractivity contribution in [2.45, 2.75) is 32.4 Å². The molecule has 0 spiro atoms. The van der Waals surface area contributed by atoms with Crippen molar-refractivity contribution in [3.05, 3.63) is 0 Å². The SMILES string of the molecule is CCOCCO[C@H]1CCN(C(=O)C(C)N)C1.Cl. The van der Waals surface area contributed by atoms with Gasteiger partial charge in [-0.15, -0.1) is 12.4 Å². The van der Waals surface area contributed by atoms with Crippen molar-refractivity contribution >= 4 is 18.3 Å². The van der Waals surface area contributed by atoms with Crippen molar-refractivity contribution < 1.29 is 14.3 Å². The lowest BCUT2D eigenvalue weighted by Crippen LogP contribution is -2.41. The molecule has 1 aliphatic heterocycles. The number of rotatable bonds is 6. The van der Waals surface area contributed by atoms with E-state index in [2.05, 4.69) is 0 Å². The maximum atomic E-state index is 11.6. The summed E-state index contributed by atoms with van der Waals surface area (Å²) < 4.78 is 10.8. The fourth-order valence-electron chi connectivity index (χ4n) is 1.77. The Hall–Kier alpha value is -0.360. The fourth-order valence-corrected chi connectivity index (χ4v) is 1.77. The normalized spacial score (nSPS) is 21.1. The number of carbonyl (C=O) groups excluding carboxylic acids is 1. The molecule has 1 heterocycles. The topological polar surface area (TPSA) is 64.8 Å². The predicted octanol–water partition coefficient (Wildman–Crippen LogP) is 0.409. The van der Waals surface area contributed by atoms with Crippen LogP contribution < -0.4 is 5.73 Å². The van der Waals surface area contributed by atoms with Gasteiger partial charge >= 0.3 is 0 Å². The Morgan fingerprint density at radius 3 is 2.82 bits per heavy atom. The van der Waals surface area contributed by atoms with Gasteiger partial charge in [-0.3, -0.25) is 4.79 Å². The highest BCUT2D eigenvalue weighted by Gasteiger charge is 2.27. The number of hydrogen-bond donors (Lipinski definition) is 1. The Kier molecular flexibility index (Phi) is 8.51. The highest BCUT2D eigenvalue weighted by Crippen LogP contribution is 2.13. The van der Waals surface area contributed by atoms with Crippen molar-refractivity contribution in [3.63, 3.8) is 0 Å². The zero-order valence-electron chi connectivity index (χ0n) is 10.6. The lowest BCUT2D eigenvalue weighted by atomic mass is 10.3. The van der Waals surface area contributed by atoms with Crippen LogP contribution in [-0.4, -0.2) is 55.9 Å². The molecule has 1 aliphatic rings. The van der Waals surface area contributed by atoms with Crippen LogP contribution in [-0.2, 0) is 14.3 Å². The third kappa shape index (κ3) is 5.68. The van der Waals surface area contributed by atoms with Gasteiger partial charge in [-0.2, -0.15) is 0 Å². The maximum absolute atomic E-state index is 11.6. The summed E-state index contributed by atoms with van der Waals surface area (Å²) in [5, 5.41) is 0. The van der Waals surface area contributed by atoms with E-state index in [1.165, 1.54) is 0 Å². The van der Waals surface area contributed by atoms with Gasteiger partial charge in [-0.25, -0.2) is 0 Å². The Morgan fingerprint density at radius 2 is 2.24 bits per heavy atom. The van der Waals surface area contributed by atoms with Gasteiger partial charge in [0.15, 0.2) is 0 Å². The Balaban J connectivity index is 0.00000256. The molecule has 0 aromatic heterocycles. The largest absolute Gasteiger partial charge is 0.379 e. The summed E-state index contributed by atoms with van der Waals surface area (Å²) in [5.41, 5.74) is 5.55. The number of amides is 1. The van der Waals surface area contributed by atoms with Gasteiger partial charge in [0, 0.05) is 19.7 Å². The number of halogens is 1. The molecule has 1 unspecified atom stereocenters. The molecular formula is C11H23ClN2O3. The van der Waals surface area contributed by atoms with Crippen LogP contribution in [0, 0.1) is 0 Å². The molecule has 0 aromatic carbocycles. The van der Waals surface area contributed by atoms with Gasteiger partial charge in [0.25, 0.3) is 0 Å². The second kappa shape index (κ2) is 8.69. The van der Waals surface area contributed by atoms with E-state index in [0.29, 0.717) is 26.4 Å². The molecular weight excluding hydrogens is 244 g/mol. The summed E-state index contributed by atoms with van der Waals surface area (Å²) in [4.78, 5) is 13.4. The van der Waals surface area contributed by atoms with Crippen molar-refractivity contribution in [2.24, 2.45) is 5.73 Å². The van der Waals surface area contributed by atoms with E-state index in [1.807, 2.05) is 6.92 Å². The first-order valence-corrected chi connectivity index (χ1v) is 5.88. The zero-order valence-corrected chi connectivity index (χ0v) is 11.4. The quantitative estimate of drug-likeness (QED) is 0.708. The minimum Gasteiger partial charge on any atom is -0.379 e. The summed E-state index contributed by atoms with van der Waals surface area (Å²) in [7, 11) is 0. The molecule has 1 rings (SSSR count). The predicted molar refractivity (Wildman–Crippen MR) is 68.3 cm³/mol. The minimum absolute atomic E-state index is 0. The molecule has 2 N–H and O–H groups in total.